The summed E-state index contributed by atoms with van der Waals surface area (Å²) in [5.41, 5.74) is -0.0153. The van der Waals surface area contributed by atoms with Crippen LogP contribution in [0.4, 0.5) is 0 Å². The average molecular weight is 329 g/mol. The topological polar surface area (TPSA) is 63.9 Å². The van der Waals surface area contributed by atoms with Crippen molar-refractivity contribution in [1.29, 1.82) is 0 Å². The molecule has 12 atom stereocenters. The van der Waals surface area contributed by atoms with E-state index in [-0.39, 0.29) is 40.1 Å². The summed E-state index contributed by atoms with van der Waals surface area (Å²) in [7, 11) is 0. The number of piperidine rings is 2. The summed E-state index contributed by atoms with van der Waals surface area (Å²) in [4.78, 5) is 2.45. The van der Waals surface area contributed by atoms with Crippen LogP contribution in [0.5, 0.6) is 0 Å². The fourth-order valence-corrected chi connectivity index (χ4v) is 10.6. The van der Waals surface area contributed by atoms with Crippen molar-refractivity contribution >= 4 is 0 Å². The zero-order valence-electron chi connectivity index (χ0n) is 14.3. The van der Waals surface area contributed by atoms with Crippen molar-refractivity contribution in [1.82, 2.24) is 4.90 Å². The molecule has 0 radical (unpaired) electrons. The Labute approximate surface area is 142 Å². The zero-order valence-corrected chi connectivity index (χ0v) is 14.3. The first kappa shape index (κ1) is 13.7. The number of rotatable bonds is 0. The summed E-state index contributed by atoms with van der Waals surface area (Å²) in [6.07, 6.45) is 4.26. The number of nitrogens with zero attached hydrogens (tertiary/aromatic N) is 1. The number of aliphatic hydroxyl groups excluding tert-OH is 2. The third-order valence-corrected chi connectivity index (χ3v) is 10.4. The third kappa shape index (κ3) is 0.903. The summed E-state index contributed by atoms with van der Waals surface area (Å²) in [6.45, 7) is 7.56. The van der Waals surface area contributed by atoms with Crippen molar-refractivity contribution in [2.45, 2.75) is 63.0 Å². The highest BCUT2D eigenvalue weighted by Crippen LogP contribution is 2.88. The van der Waals surface area contributed by atoms with Crippen LogP contribution in [0.15, 0.2) is 12.2 Å². The number of hydrogen-bond donors (Lipinski definition) is 3. The van der Waals surface area contributed by atoms with Crippen LogP contribution in [0.3, 0.4) is 0 Å². The van der Waals surface area contributed by atoms with E-state index in [1.165, 1.54) is 12.8 Å². The van der Waals surface area contributed by atoms with Gasteiger partial charge in [-0.15, -0.1) is 0 Å². The molecule has 24 heavy (non-hydrogen) atoms. The van der Waals surface area contributed by atoms with E-state index < -0.39 is 11.8 Å². The molecule has 130 valence electrons. The lowest BCUT2D eigenvalue weighted by atomic mass is 9.39. The fraction of sp³-hybridized carbons (Fsp3) is 0.900. The summed E-state index contributed by atoms with van der Waals surface area (Å²) in [6, 6.07) is 0.377. The number of hydrogen-bond acceptors (Lipinski definition) is 4. The highest BCUT2D eigenvalue weighted by molar-refractivity contribution is 5.45. The first-order valence-electron chi connectivity index (χ1n) is 9.86. The van der Waals surface area contributed by atoms with Gasteiger partial charge in [-0.2, -0.15) is 0 Å². The van der Waals surface area contributed by atoms with Crippen LogP contribution in [-0.4, -0.2) is 50.7 Å². The summed E-state index contributed by atoms with van der Waals surface area (Å²) < 4.78 is 0. The van der Waals surface area contributed by atoms with E-state index in [0.29, 0.717) is 18.4 Å². The van der Waals surface area contributed by atoms with Crippen LogP contribution in [0.2, 0.25) is 0 Å². The maximum absolute atomic E-state index is 11.9. The lowest BCUT2D eigenvalue weighted by Crippen LogP contribution is -2.71. The molecule has 2 spiro atoms. The minimum absolute atomic E-state index is 0.0266. The smallest absolute Gasteiger partial charge is 0.123 e. The lowest BCUT2D eigenvalue weighted by Gasteiger charge is -2.67. The Balaban J connectivity index is 1.57. The van der Waals surface area contributed by atoms with Gasteiger partial charge >= 0.3 is 0 Å². The Morgan fingerprint density at radius 1 is 1.21 bits per heavy atom. The van der Waals surface area contributed by atoms with E-state index in [4.69, 9.17) is 0 Å². The van der Waals surface area contributed by atoms with Crippen molar-refractivity contribution in [3.63, 3.8) is 0 Å². The predicted octanol–water partition coefficient (Wildman–Crippen LogP) is 1.11. The summed E-state index contributed by atoms with van der Waals surface area (Å²) in [5.74, 6) is 0.946. The van der Waals surface area contributed by atoms with Gasteiger partial charge in [0.2, 0.25) is 0 Å². The molecule has 0 aromatic heterocycles. The van der Waals surface area contributed by atoms with Crippen LogP contribution in [0.25, 0.3) is 0 Å². The van der Waals surface area contributed by atoms with Crippen LogP contribution in [-0.2, 0) is 0 Å². The predicted molar refractivity (Wildman–Crippen MR) is 86.6 cm³/mol. The Kier molecular flexibility index (Phi) is 1.88. The SMILES string of the molecule is C=C1[C@H]2C[C@H]3[C@H]4N5C[C@]6(C)CCC[C@]47[C@H]([C@H]2O)[C@@]3(C[C@]5(O)[C@H]67)[C@@H]1O. The molecule has 3 N–H and O–H groups in total. The summed E-state index contributed by atoms with van der Waals surface area (Å²) in [5, 5.41) is 34.4. The minimum Gasteiger partial charge on any atom is -0.392 e. The van der Waals surface area contributed by atoms with Gasteiger partial charge in [-0.05, 0) is 48.0 Å². The molecule has 0 aromatic rings. The normalized spacial score (nSPS) is 76.1. The molecular weight excluding hydrogens is 302 g/mol. The van der Waals surface area contributed by atoms with Gasteiger partial charge in [0.25, 0.3) is 0 Å². The van der Waals surface area contributed by atoms with Crippen molar-refractivity contribution in [2.24, 2.45) is 39.9 Å². The monoisotopic (exact) mass is 329 g/mol. The minimum atomic E-state index is -0.752. The van der Waals surface area contributed by atoms with Crippen molar-refractivity contribution in [3.8, 4) is 0 Å². The van der Waals surface area contributed by atoms with Gasteiger partial charge in [0, 0.05) is 35.8 Å². The molecule has 9 bridgehead atoms. The number of fused-ring (bicyclic) bond motifs is 1. The van der Waals surface area contributed by atoms with Crippen LogP contribution in [0, 0.1) is 39.9 Å². The molecule has 3 heterocycles. The standard InChI is InChI=1S/C20H27NO3/c1-9-10-6-11-14-18-5-3-4-17(2)8-21(14)20(24,16(17)18)7-19(11,15(9)23)13(18)12(10)22/h10-16,22-24H,1,3-8H2,2H3/t10-,11+,12+,13+,14-,15-,16-,17+,18+,19+,20+/m1/s1. The van der Waals surface area contributed by atoms with Gasteiger partial charge < -0.3 is 15.3 Å². The molecule has 9 aliphatic rings. The highest BCUT2D eigenvalue weighted by Gasteiger charge is 2.93. The quantitative estimate of drug-likeness (QED) is 0.583. The molecule has 9 fully saturated rings. The Morgan fingerprint density at radius 2 is 2.00 bits per heavy atom. The number of aliphatic hydroxyl groups is 3. The summed E-state index contributed by atoms with van der Waals surface area (Å²) >= 11 is 0. The third-order valence-electron chi connectivity index (χ3n) is 10.4. The van der Waals surface area contributed by atoms with E-state index >= 15 is 0 Å². The molecule has 0 aromatic carbocycles. The Morgan fingerprint density at radius 3 is 2.79 bits per heavy atom. The molecule has 6 saturated carbocycles. The highest BCUT2D eigenvalue weighted by atomic mass is 16.3. The van der Waals surface area contributed by atoms with Gasteiger partial charge in [-0.1, -0.05) is 19.9 Å². The Hall–Kier alpha value is -0.420. The molecule has 0 amide bonds. The maximum atomic E-state index is 11.9. The van der Waals surface area contributed by atoms with Crippen molar-refractivity contribution in [2.75, 3.05) is 6.54 Å². The van der Waals surface area contributed by atoms with Gasteiger partial charge in [-0.3, -0.25) is 4.90 Å². The van der Waals surface area contributed by atoms with Crippen LogP contribution >= 0.6 is 0 Å². The van der Waals surface area contributed by atoms with Crippen LogP contribution < -0.4 is 0 Å². The average Bonchev–Trinajstić information content (AvgIpc) is 2.88. The lowest BCUT2D eigenvalue weighted by molar-refractivity contribution is -0.272. The van der Waals surface area contributed by atoms with E-state index in [2.05, 4.69) is 18.4 Å². The largest absolute Gasteiger partial charge is 0.392 e. The second kappa shape index (κ2) is 3.28. The van der Waals surface area contributed by atoms with E-state index in [1.807, 2.05) is 0 Å². The van der Waals surface area contributed by atoms with Gasteiger partial charge in [0.1, 0.15) is 5.72 Å². The maximum Gasteiger partial charge on any atom is 0.123 e. The van der Waals surface area contributed by atoms with Crippen molar-refractivity contribution in [3.05, 3.63) is 12.2 Å². The molecule has 6 aliphatic carbocycles. The van der Waals surface area contributed by atoms with Crippen molar-refractivity contribution < 1.29 is 15.3 Å². The van der Waals surface area contributed by atoms with E-state index in [1.54, 1.807) is 0 Å². The van der Waals surface area contributed by atoms with Gasteiger partial charge in [-0.25, -0.2) is 0 Å². The fourth-order valence-electron chi connectivity index (χ4n) is 10.6. The van der Waals surface area contributed by atoms with E-state index in [0.717, 1.165) is 25.0 Å². The molecular formula is C20H27NO3. The first-order valence-corrected chi connectivity index (χ1v) is 9.86. The van der Waals surface area contributed by atoms with Gasteiger partial charge in [0.15, 0.2) is 0 Å². The molecule has 3 aliphatic heterocycles. The zero-order chi connectivity index (χ0) is 16.4. The van der Waals surface area contributed by atoms with E-state index in [9.17, 15) is 15.3 Å². The van der Waals surface area contributed by atoms with Gasteiger partial charge in [0.05, 0.1) is 12.2 Å². The molecule has 9 rings (SSSR count). The second-order valence-corrected chi connectivity index (χ2v) is 10.7. The molecule has 4 heteroatoms. The Bertz CT molecular complexity index is 724. The molecule has 4 nitrogen and oxygen atoms in total. The molecule has 3 saturated heterocycles. The second-order valence-electron chi connectivity index (χ2n) is 10.7. The molecule has 1 unspecified atom stereocenters. The first-order chi connectivity index (χ1) is 11.3. The van der Waals surface area contributed by atoms with Crippen LogP contribution in [0.1, 0.15) is 39.0 Å².